The van der Waals surface area contributed by atoms with Gasteiger partial charge in [-0.05, 0) is 12.1 Å². The van der Waals surface area contributed by atoms with Gasteiger partial charge in [0.15, 0.2) is 11.5 Å². The molecule has 0 radical (unpaired) electrons. The van der Waals surface area contributed by atoms with E-state index in [1.165, 1.54) is 12.3 Å². The number of ketones is 1. The Kier molecular flexibility index (Phi) is 4.57. The fourth-order valence-electron chi connectivity index (χ4n) is 1.50. The van der Waals surface area contributed by atoms with E-state index in [2.05, 4.69) is 4.98 Å². The van der Waals surface area contributed by atoms with Crippen molar-refractivity contribution in [2.75, 3.05) is 0 Å². The van der Waals surface area contributed by atoms with Crippen LogP contribution in [0.3, 0.4) is 0 Å². The molecule has 0 atom stereocenters. The minimum atomic E-state index is -1.20. The first-order valence-electron chi connectivity index (χ1n) is 4.98. The quantitative estimate of drug-likeness (QED) is 0.864. The zero-order valence-electron chi connectivity index (χ0n) is 9.24. The molecule has 0 spiro atoms. The van der Waals surface area contributed by atoms with Gasteiger partial charge in [-0.25, -0.2) is 9.78 Å². The lowest BCUT2D eigenvalue weighted by atomic mass is 10.0. The highest BCUT2D eigenvalue weighted by molar-refractivity contribution is 6.13. The largest absolute Gasteiger partial charge is 0.476 e. The van der Waals surface area contributed by atoms with E-state index in [0.29, 0.717) is 5.56 Å². The second-order valence-electron chi connectivity index (χ2n) is 3.40. The molecule has 0 unspecified atom stereocenters. The summed E-state index contributed by atoms with van der Waals surface area (Å²) in [6.07, 6.45) is 1.35. The van der Waals surface area contributed by atoms with Gasteiger partial charge in [0, 0.05) is 11.8 Å². The van der Waals surface area contributed by atoms with Gasteiger partial charge in [-0.1, -0.05) is 30.3 Å². The molecule has 1 heterocycles. The van der Waals surface area contributed by atoms with Crippen LogP contribution in [0, 0.1) is 0 Å². The van der Waals surface area contributed by atoms with Crippen molar-refractivity contribution >= 4 is 24.2 Å². The number of halogens is 1. The molecule has 0 aliphatic heterocycles. The van der Waals surface area contributed by atoms with Gasteiger partial charge < -0.3 is 5.11 Å². The SMILES string of the molecule is Cl.O=C(c1ccccc1)c1cccnc1C(=O)O. The van der Waals surface area contributed by atoms with E-state index in [1.54, 1.807) is 36.4 Å². The Morgan fingerprint density at radius 1 is 1.00 bits per heavy atom. The number of carboxylic acids is 1. The zero-order chi connectivity index (χ0) is 12.3. The maximum atomic E-state index is 12.1. The van der Waals surface area contributed by atoms with E-state index < -0.39 is 5.97 Å². The van der Waals surface area contributed by atoms with E-state index in [0.717, 1.165) is 0 Å². The van der Waals surface area contributed by atoms with Crippen molar-refractivity contribution in [2.24, 2.45) is 0 Å². The lowest BCUT2D eigenvalue weighted by Crippen LogP contribution is -2.11. The molecule has 0 aliphatic carbocycles. The summed E-state index contributed by atoms with van der Waals surface area (Å²) in [5.74, 6) is -1.54. The van der Waals surface area contributed by atoms with Crippen LogP contribution >= 0.6 is 12.4 Å². The van der Waals surface area contributed by atoms with Crippen LogP contribution in [0.5, 0.6) is 0 Å². The summed E-state index contributed by atoms with van der Waals surface area (Å²) >= 11 is 0. The van der Waals surface area contributed by atoms with E-state index in [1.807, 2.05) is 0 Å². The van der Waals surface area contributed by atoms with Gasteiger partial charge in [0.2, 0.25) is 0 Å². The van der Waals surface area contributed by atoms with Gasteiger partial charge in [0.25, 0.3) is 0 Å². The summed E-state index contributed by atoms with van der Waals surface area (Å²) in [5, 5.41) is 8.95. The molecule has 1 aromatic heterocycles. The number of hydrogen-bond donors (Lipinski definition) is 1. The monoisotopic (exact) mass is 263 g/mol. The first-order chi connectivity index (χ1) is 8.20. The molecule has 4 nitrogen and oxygen atoms in total. The van der Waals surface area contributed by atoms with Gasteiger partial charge in [-0.15, -0.1) is 12.4 Å². The van der Waals surface area contributed by atoms with Gasteiger partial charge in [0.05, 0.1) is 5.56 Å². The second kappa shape index (κ2) is 5.93. The molecule has 2 rings (SSSR count). The number of carbonyl (C=O) groups excluding carboxylic acids is 1. The van der Waals surface area contributed by atoms with Crippen molar-refractivity contribution in [3.8, 4) is 0 Å². The van der Waals surface area contributed by atoms with Crippen molar-refractivity contribution in [1.29, 1.82) is 0 Å². The van der Waals surface area contributed by atoms with Gasteiger partial charge in [-0.2, -0.15) is 0 Å². The molecule has 18 heavy (non-hydrogen) atoms. The summed E-state index contributed by atoms with van der Waals surface area (Å²) in [6.45, 7) is 0. The van der Waals surface area contributed by atoms with Crippen LogP contribution in [0.4, 0.5) is 0 Å². The number of carbonyl (C=O) groups is 2. The highest BCUT2D eigenvalue weighted by Crippen LogP contribution is 2.12. The summed E-state index contributed by atoms with van der Waals surface area (Å²) in [6, 6.07) is 11.5. The van der Waals surface area contributed by atoms with Gasteiger partial charge in [-0.3, -0.25) is 4.79 Å². The van der Waals surface area contributed by atoms with Crippen molar-refractivity contribution in [3.63, 3.8) is 0 Å². The Hall–Kier alpha value is -2.20. The maximum absolute atomic E-state index is 12.1. The summed E-state index contributed by atoms with van der Waals surface area (Å²) in [4.78, 5) is 26.7. The number of benzene rings is 1. The van der Waals surface area contributed by atoms with Crippen LogP contribution < -0.4 is 0 Å². The number of pyridine rings is 1. The third-order valence-electron chi connectivity index (χ3n) is 2.29. The van der Waals surface area contributed by atoms with E-state index >= 15 is 0 Å². The number of carboxylic acid groups (broad SMARTS) is 1. The Labute approximate surface area is 110 Å². The number of aromatic nitrogens is 1. The van der Waals surface area contributed by atoms with Crippen molar-refractivity contribution in [3.05, 3.63) is 65.5 Å². The first kappa shape index (κ1) is 13.9. The third-order valence-corrected chi connectivity index (χ3v) is 2.29. The second-order valence-corrected chi connectivity index (χ2v) is 3.40. The molecule has 92 valence electrons. The lowest BCUT2D eigenvalue weighted by Gasteiger charge is -2.03. The standard InChI is InChI=1S/C13H9NO3.ClH/c15-12(9-5-2-1-3-6-9)10-7-4-8-14-11(10)13(16)17;/h1-8H,(H,16,17);1H. The van der Waals surface area contributed by atoms with Crippen LogP contribution in [0.25, 0.3) is 0 Å². The summed E-state index contributed by atoms with van der Waals surface area (Å²) in [5.41, 5.74) is 0.329. The fraction of sp³-hybridized carbons (Fsp3) is 0. The van der Waals surface area contributed by atoms with Crippen molar-refractivity contribution in [1.82, 2.24) is 4.98 Å². The predicted molar refractivity (Wildman–Crippen MR) is 68.3 cm³/mol. The van der Waals surface area contributed by atoms with Crippen LogP contribution in [0.2, 0.25) is 0 Å². The first-order valence-corrected chi connectivity index (χ1v) is 4.98. The molecule has 0 fully saturated rings. The maximum Gasteiger partial charge on any atom is 0.355 e. The zero-order valence-corrected chi connectivity index (χ0v) is 10.1. The summed E-state index contributed by atoms with van der Waals surface area (Å²) in [7, 11) is 0. The number of nitrogens with zero attached hydrogens (tertiary/aromatic N) is 1. The number of hydrogen-bond acceptors (Lipinski definition) is 3. The van der Waals surface area contributed by atoms with Gasteiger partial charge >= 0.3 is 5.97 Å². The van der Waals surface area contributed by atoms with Crippen LogP contribution in [0.1, 0.15) is 26.4 Å². The molecule has 2 aromatic rings. The smallest absolute Gasteiger partial charge is 0.355 e. The molecule has 0 bridgehead atoms. The van der Waals surface area contributed by atoms with Crippen molar-refractivity contribution < 1.29 is 14.7 Å². The molecule has 0 amide bonds. The Morgan fingerprint density at radius 2 is 1.67 bits per heavy atom. The molecular weight excluding hydrogens is 254 g/mol. The minimum Gasteiger partial charge on any atom is -0.476 e. The van der Waals surface area contributed by atoms with Crippen LogP contribution in [-0.4, -0.2) is 21.8 Å². The molecule has 1 N–H and O–H groups in total. The highest BCUT2D eigenvalue weighted by atomic mass is 35.5. The van der Waals surface area contributed by atoms with E-state index in [9.17, 15) is 9.59 Å². The topological polar surface area (TPSA) is 67.3 Å². The Bertz CT molecular complexity index is 569. The van der Waals surface area contributed by atoms with Crippen LogP contribution in [-0.2, 0) is 0 Å². The normalized spacial score (nSPS) is 9.33. The molecule has 0 saturated carbocycles. The van der Waals surface area contributed by atoms with Crippen LogP contribution in [0.15, 0.2) is 48.7 Å². The molecule has 1 aromatic carbocycles. The van der Waals surface area contributed by atoms with Crippen molar-refractivity contribution in [2.45, 2.75) is 0 Å². The van der Waals surface area contributed by atoms with E-state index in [4.69, 9.17) is 5.11 Å². The molecule has 0 saturated heterocycles. The average molecular weight is 264 g/mol. The Balaban J connectivity index is 0.00000162. The number of aromatic carboxylic acids is 1. The fourth-order valence-corrected chi connectivity index (χ4v) is 1.50. The molecule has 5 heteroatoms. The predicted octanol–water partition coefficient (Wildman–Crippen LogP) is 2.43. The Morgan fingerprint density at radius 3 is 2.28 bits per heavy atom. The molecule has 0 aliphatic rings. The average Bonchev–Trinajstić information content (AvgIpc) is 2.39. The lowest BCUT2D eigenvalue weighted by molar-refractivity contribution is 0.0686. The molecular formula is C13H10ClNO3. The third kappa shape index (κ3) is 2.73. The minimum absolute atomic E-state index is 0. The van der Waals surface area contributed by atoms with E-state index in [-0.39, 0.29) is 29.4 Å². The summed E-state index contributed by atoms with van der Waals surface area (Å²) < 4.78 is 0. The van der Waals surface area contributed by atoms with Gasteiger partial charge in [0.1, 0.15) is 0 Å². The highest BCUT2D eigenvalue weighted by Gasteiger charge is 2.18. The number of rotatable bonds is 3.